The average molecular weight is 667 g/mol. The van der Waals surface area contributed by atoms with Crippen LogP contribution in [0.25, 0.3) is 0 Å². The Hall–Kier alpha value is -4.55. The number of rotatable bonds is 7. The maximum Gasteiger partial charge on any atom is 0.344 e. The number of hydrazone groups is 1. The molecule has 0 aliphatic carbocycles. The molecule has 3 amide bonds. The van der Waals surface area contributed by atoms with E-state index in [4.69, 9.17) is 16.3 Å². The van der Waals surface area contributed by atoms with Crippen molar-refractivity contribution in [1.29, 1.82) is 0 Å². The van der Waals surface area contributed by atoms with Crippen molar-refractivity contribution in [3.63, 3.8) is 0 Å². The number of ether oxygens (including phenoxy) is 1. The van der Waals surface area contributed by atoms with Crippen molar-refractivity contribution in [2.45, 2.75) is 0 Å². The standard InChI is InChI=1S/C29H20ClIN4O5/c30-19-11-13-20(14-12-19)33-26(36)23-6-2-4-8-25(23)34-27(37)28(38)35-32-17-18-9-15-21(16-10-18)40-29(39)22-5-1-3-7-24(22)31/h1-17H,(H,33,36)(H,34,37)(H,35,38). The summed E-state index contributed by atoms with van der Waals surface area (Å²) in [6.45, 7) is 0. The van der Waals surface area contributed by atoms with E-state index in [9.17, 15) is 19.2 Å². The molecule has 4 rings (SSSR count). The molecule has 0 aliphatic rings. The lowest BCUT2D eigenvalue weighted by Crippen LogP contribution is -2.33. The Kier molecular flexibility index (Phi) is 9.60. The number of amides is 3. The lowest BCUT2D eigenvalue weighted by Gasteiger charge is -2.11. The number of carbonyl (C=O) groups is 4. The highest BCUT2D eigenvalue weighted by molar-refractivity contribution is 14.1. The van der Waals surface area contributed by atoms with Gasteiger partial charge in [-0.15, -0.1) is 0 Å². The normalized spacial score (nSPS) is 10.6. The smallest absolute Gasteiger partial charge is 0.344 e. The zero-order chi connectivity index (χ0) is 28.5. The number of benzene rings is 4. The molecule has 3 N–H and O–H groups in total. The van der Waals surface area contributed by atoms with Gasteiger partial charge in [0.1, 0.15) is 5.75 Å². The van der Waals surface area contributed by atoms with Crippen molar-refractivity contribution in [1.82, 2.24) is 5.43 Å². The summed E-state index contributed by atoms with van der Waals surface area (Å²) in [5.74, 6) is -2.67. The quantitative estimate of drug-likeness (QED) is 0.0600. The van der Waals surface area contributed by atoms with Crippen LogP contribution in [0.15, 0.2) is 102 Å². The van der Waals surface area contributed by atoms with Crippen molar-refractivity contribution < 1.29 is 23.9 Å². The molecule has 0 aliphatic heterocycles. The third kappa shape index (κ3) is 7.74. The molecule has 0 heterocycles. The number of para-hydroxylation sites is 1. The van der Waals surface area contributed by atoms with Crippen LogP contribution in [-0.2, 0) is 9.59 Å². The summed E-state index contributed by atoms with van der Waals surface area (Å²) < 4.78 is 6.16. The van der Waals surface area contributed by atoms with Gasteiger partial charge in [-0.3, -0.25) is 14.4 Å². The van der Waals surface area contributed by atoms with Crippen LogP contribution in [0.2, 0.25) is 5.02 Å². The first-order valence-electron chi connectivity index (χ1n) is 11.7. The first-order chi connectivity index (χ1) is 19.3. The number of esters is 1. The second kappa shape index (κ2) is 13.5. The predicted molar refractivity (Wildman–Crippen MR) is 161 cm³/mol. The molecule has 200 valence electrons. The minimum absolute atomic E-state index is 0.147. The molecule has 0 spiro atoms. The Morgan fingerprint density at radius 1 is 0.750 bits per heavy atom. The SMILES string of the molecule is O=C(NN=Cc1ccc(OC(=O)c2ccccc2I)cc1)C(=O)Nc1ccccc1C(=O)Nc1ccc(Cl)cc1. The highest BCUT2D eigenvalue weighted by Gasteiger charge is 2.18. The van der Waals surface area contributed by atoms with E-state index in [1.807, 2.05) is 12.1 Å². The lowest BCUT2D eigenvalue weighted by molar-refractivity contribution is -0.136. The van der Waals surface area contributed by atoms with E-state index < -0.39 is 23.7 Å². The van der Waals surface area contributed by atoms with E-state index in [-0.39, 0.29) is 11.3 Å². The first-order valence-corrected chi connectivity index (χ1v) is 13.1. The Morgan fingerprint density at radius 2 is 1.40 bits per heavy atom. The Balaban J connectivity index is 1.31. The van der Waals surface area contributed by atoms with Gasteiger partial charge in [0.15, 0.2) is 0 Å². The Bertz CT molecular complexity index is 1590. The summed E-state index contributed by atoms with van der Waals surface area (Å²) in [7, 11) is 0. The molecular formula is C29H20ClIN4O5. The summed E-state index contributed by atoms with van der Waals surface area (Å²) in [5, 5.41) is 9.44. The Labute approximate surface area is 247 Å². The summed E-state index contributed by atoms with van der Waals surface area (Å²) in [6, 6.07) is 26.3. The number of hydrogen-bond donors (Lipinski definition) is 3. The molecule has 0 atom stereocenters. The zero-order valence-electron chi connectivity index (χ0n) is 20.6. The van der Waals surface area contributed by atoms with Crippen LogP contribution in [0.4, 0.5) is 11.4 Å². The summed E-state index contributed by atoms with van der Waals surface area (Å²) >= 11 is 7.93. The molecule has 0 saturated carbocycles. The van der Waals surface area contributed by atoms with Gasteiger partial charge in [0, 0.05) is 14.3 Å². The van der Waals surface area contributed by atoms with E-state index in [0.717, 1.165) is 3.57 Å². The van der Waals surface area contributed by atoms with Gasteiger partial charge in [-0.2, -0.15) is 5.10 Å². The second-order valence-corrected chi connectivity index (χ2v) is 9.70. The molecule has 0 saturated heterocycles. The predicted octanol–water partition coefficient (Wildman–Crippen LogP) is 5.50. The number of hydrogen-bond acceptors (Lipinski definition) is 6. The molecule has 0 fully saturated rings. The van der Waals surface area contributed by atoms with Crippen molar-refractivity contribution in [3.05, 3.63) is 122 Å². The van der Waals surface area contributed by atoms with Crippen molar-refractivity contribution in [2.24, 2.45) is 5.10 Å². The zero-order valence-corrected chi connectivity index (χ0v) is 23.5. The summed E-state index contributed by atoms with van der Waals surface area (Å²) in [6.07, 6.45) is 1.32. The third-order valence-electron chi connectivity index (χ3n) is 5.29. The number of carbonyl (C=O) groups excluding carboxylic acids is 4. The molecular weight excluding hydrogens is 647 g/mol. The first kappa shape index (κ1) is 28.5. The third-order valence-corrected chi connectivity index (χ3v) is 6.48. The van der Waals surface area contributed by atoms with Crippen LogP contribution < -0.4 is 20.8 Å². The van der Waals surface area contributed by atoms with Gasteiger partial charge in [0.05, 0.1) is 23.0 Å². The van der Waals surface area contributed by atoms with Crippen LogP contribution in [0.5, 0.6) is 5.75 Å². The van der Waals surface area contributed by atoms with E-state index in [0.29, 0.717) is 27.6 Å². The van der Waals surface area contributed by atoms with Crippen LogP contribution >= 0.6 is 34.2 Å². The van der Waals surface area contributed by atoms with Crippen LogP contribution in [-0.4, -0.2) is 29.9 Å². The van der Waals surface area contributed by atoms with E-state index >= 15 is 0 Å². The summed E-state index contributed by atoms with van der Waals surface area (Å²) in [4.78, 5) is 49.8. The molecule has 4 aromatic carbocycles. The van der Waals surface area contributed by atoms with Crippen molar-refractivity contribution in [3.8, 4) is 5.75 Å². The monoisotopic (exact) mass is 666 g/mol. The van der Waals surface area contributed by atoms with Gasteiger partial charge in [-0.05, 0) is 101 Å². The van der Waals surface area contributed by atoms with Gasteiger partial charge in [-0.25, -0.2) is 10.2 Å². The minimum atomic E-state index is -1.04. The average Bonchev–Trinajstić information content (AvgIpc) is 2.95. The van der Waals surface area contributed by atoms with Crippen molar-refractivity contribution in [2.75, 3.05) is 10.6 Å². The molecule has 0 aromatic heterocycles. The second-order valence-electron chi connectivity index (χ2n) is 8.10. The van der Waals surface area contributed by atoms with Gasteiger partial charge in [0.25, 0.3) is 5.91 Å². The fourth-order valence-electron chi connectivity index (χ4n) is 3.33. The van der Waals surface area contributed by atoms with E-state index in [1.54, 1.807) is 72.8 Å². The maximum absolute atomic E-state index is 12.7. The number of nitrogens with zero attached hydrogens (tertiary/aromatic N) is 1. The maximum atomic E-state index is 12.7. The minimum Gasteiger partial charge on any atom is -0.423 e. The molecule has 0 unspecified atom stereocenters. The number of nitrogens with one attached hydrogen (secondary N) is 3. The van der Waals surface area contributed by atoms with Crippen LogP contribution in [0, 0.1) is 3.57 Å². The van der Waals surface area contributed by atoms with Crippen molar-refractivity contribution >= 4 is 75.5 Å². The summed E-state index contributed by atoms with van der Waals surface area (Å²) in [5.41, 5.74) is 4.00. The van der Waals surface area contributed by atoms with Crippen LogP contribution in [0.3, 0.4) is 0 Å². The number of anilines is 2. The largest absolute Gasteiger partial charge is 0.423 e. The Morgan fingerprint density at radius 3 is 2.10 bits per heavy atom. The van der Waals surface area contributed by atoms with E-state index in [2.05, 4.69) is 43.8 Å². The molecule has 0 bridgehead atoms. The fraction of sp³-hybridized carbons (Fsp3) is 0. The van der Waals surface area contributed by atoms with Gasteiger partial charge < -0.3 is 15.4 Å². The van der Waals surface area contributed by atoms with Gasteiger partial charge in [-0.1, -0.05) is 35.9 Å². The highest BCUT2D eigenvalue weighted by Crippen LogP contribution is 2.19. The molecule has 0 radical (unpaired) electrons. The topological polar surface area (TPSA) is 126 Å². The van der Waals surface area contributed by atoms with Gasteiger partial charge in [0.2, 0.25) is 0 Å². The molecule has 11 heteroatoms. The van der Waals surface area contributed by atoms with E-state index in [1.165, 1.54) is 18.3 Å². The number of halogens is 2. The molecule has 40 heavy (non-hydrogen) atoms. The highest BCUT2D eigenvalue weighted by atomic mass is 127. The molecule has 4 aromatic rings. The van der Waals surface area contributed by atoms with Crippen LogP contribution in [0.1, 0.15) is 26.3 Å². The van der Waals surface area contributed by atoms with Gasteiger partial charge >= 0.3 is 17.8 Å². The molecule has 9 nitrogen and oxygen atoms in total. The lowest BCUT2D eigenvalue weighted by atomic mass is 10.1. The fourth-order valence-corrected chi connectivity index (χ4v) is 4.06.